The van der Waals surface area contributed by atoms with Gasteiger partial charge in [-0.1, -0.05) is 12.1 Å². The number of rotatable bonds is 4. The maximum absolute atomic E-state index is 11.3. The molecule has 0 radical (unpaired) electrons. The van der Waals surface area contributed by atoms with Crippen molar-refractivity contribution in [3.63, 3.8) is 0 Å². The van der Waals surface area contributed by atoms with Crippen molar-refractivity contribution in [3.05, 3.63) is 29.8 Å². The highest BCUT2D eigenvalue weighted by Crippen LogP contribution is 2.10. The van der Waals surface area contributed by atoms with Gasteiger partial charge >= 0.3 is 16.5 Å². The second-order valence-corrected chi connectivity index (χ2v) is 3.95. The lowest BCUT2D eigenvalue weighted by Crippen LogP contribution is -2.22. The number of carbonyl (C=O) groups excluding carboxylic acids is 1. The summed E-state index contributed by atoms with van der Waals surface area (Å²) in [4.78, 5) is 11.3. The zero-order valence-corrected chi connectivity index (χ0v) is 9.98. The Morgan fingerprint density at radius 2 is 2.00 bits per heavy atom. The summed E-state index contributed by atoms with van der Waals surface area (Å²) in [6, 6.07) is 5.68. The van der Waals surface area contributed by atoms with E-state index in [1.54, 1.807) is 24.3 Å². The lowest BCUT2D eigenvalue weighted by atomic mass is 10.1. The van der Waals surface area contributed by atoms with Crippen LogP contribution in [0.1, 0.15) is 5.56 Å². The molecule has 17 heavy (non-hydrogen) atoms. The molecule has 92 valence electrons. The van der Waals surface area contributed by atoms with E-state index in [-0.39, 0.29) is 6.42 Å². The number of hydrogen-bond acceptors (Lipinski definition) is 6. The van der Waals surface area contributed by atoms with Crippen LogP contribution >= 0.6 is 0 Å². The van der Waals surface area contributed by atoms with Crippen LogP contribution in [0.3, 0.4) is 0 Å². The summed E-state index contributed by atoms with van der Waals surface area (Å²) in [5.74, 6) is -0.689. The molecule has 1 unspecified atom stereocenters. The molecule has 6 nitrogen and oxygen atoms in total. The second-order valence-electron chi connectivity index (χ2n) is 3.31. The van der Waals surface area contributed by atoms with Gasteiger partial charge in [-0.15, -0.1) is 0 Å². The number of nitrogens with two attached hydrogens (primary N) is 1. The fraction of sp³-hybridized carbons (Fsp3) is 0.300. The minimum atomic E-state index is -2.65. The van der Waals surface area contributed by atoms with E-state index in [1.165, 1.54) is 7.11 Å². The predicted molar refractivity (Wildman–Crippen MR) is 61.7 cm³/mol. The van der Waals surface area contributed by atoms with Crippen molar-refractivity contribution in [2.24, 2.45) is 4.36 Å². The summed E-state index contributed by atoms with van der Waals surface area (Å²) >= 11 is 0. The van der Waals surface area contributed by atoms with E-state index in [1.807, 2.05) is 0 Å². The first-order chi connectivity index (χ1) is 8.02. The van der Waals surface area contributed by atoms with Crippen molar-refractivity contribution >= 4 is 22.2 Å². The number of nitrogen functional groups attached to an aromatic ring is 1. The highest BCUT2D eigenvalue weighted by atomic mass is 32.2. The molecule has 0 spiro atoms. The molecule has 0 aliphatic rings. The Morgan fingerprint density at radius 3 is 2.47 bits per heavy atom. The van der Waals surface area contributed by atoms with Gasteiger partial charge in [0.2, 0.25) is 0 Å². The van der Waals surface area contributed by atoms with Gasteiger partial charge in [0, 0.05) is 12.1 Å². The maximum Gasteiger partial charge on any atom is 0.332 e. The topological polar surface area (TPSA) is 98.8 Å². The average Bonchev–Trinajstić information content (AvgIpc) is 2.29. The third kappa shape index (κ3) is 4.23. The third-order valence-electron chi connectivity index (χ3n) is 2.10. The summed E-state index contributed by atoms with van der Waals surface area (Å²) in [5, 5.41) is 0. The second kappa shape index (κ2) is 6.00. The van der Waals surface area contributed by atoms with Crippen molar-refractivity contribution < 1.29 is 17.9 Å². The molecule has 0 aliphatic carbocycles. The molecule has 1 atom stereocenters. The van der Waals surface area contributed by atoms with Gasteiger partial charge in [0.1, 0.15) is 0 Å². The molecule has 0 saturated heterocycles. The van der Waals surface area contributed by atoms with Gasteiger partial charge in [-0.3, -0.25) is 0 Å². The maximum atomic E-state index is 11.3. The number of hydrogen-bond donors (Lipinski definition) is 1. The molecule has 7 heteroatoms. The van der Waals surface area contributed by atoms with E-state index in [4.69, 9.17) is 5.73 Å². The number of methoxy groups -OCH3 is 1. The molecule has 0 bridgehead atoms. The van der Waals surface area contributed by atoms with Crippen molar-refractivity contribution in [2.45, 2.75) is 12.5 Å². The van der Waals surface area contributed by atoms with Gasteiger partial charge in [0.25, 0.3) is 0 Å². The molecule has 0 aromatic heterocycles. The molecule has 1 rings (SSSR count). The van der Waals surface area contributed by atoms with Crippen LogP contribution in [0.15, 0.2) is 28.6 Å². The molecular weight excluding hydrogens is 244 g/mol. The summed E-state index contributed by atoms with van der Waals surface area (Å²) < 4.78 is 28.7. The number of benzene rings is 1. The van der Waals surface area contributed by atoms with Gasteiger partial charge in [-0.05, 0) is 17.7 Å². The van der Waals surface area contributed by atoms with Crippen LogP contribution in [0.5, 0.6) is 0 Å². The van der Waals surface area contributed by atoms with Crippen LogP contribution in [-0.4, -0.2) is 27.5 Å². The standard InChI is InChI=1S/C10H12N2O4S/c1-16-10(13)9(12-17(14)15)6-7-2-4-8(11)5-3-7/h2-5,9H,6,11H2,1H3. The first-order valence-corrected chi connectivity index (χ1v) is 5.78. The lowest BCUT2D eigenvalue weighted by Gasteiger charge is -2.08. The van der Waals surface area contributed by atoms with E-state index in [9.17, 15) is 13.2 Å². The quantitative estimate of drug-likeness (QED) is 0.621. The normalized spacial score (nSPS) is 11.6. The largest absolute Gasteiger partial charge is 0.467 e. The van der Waals surface area contributed by atoms with Crippen LogP contribution in [0.4, 0.5) is 5.69 Å². The predicted octanol–water partition coefficient (Wildman–Crippen LogP) is 0.416. The molecule has 0 aliphatic heterocycles. The van der Waals surface area contributed by atoms with Crippen molar-refractivity contribution in [2.75, 3.05) is 12.8 Å². The first kappa shape index (κ1) is 13.2. The van der Waals surface area contributed by atoms with Crippen molar-refractivity contribution in [1.82, 2.24) is 0 Å². The zero-order valence-electron chi connectivity index (χ0n) is 9.16. The summed E-state index contributed by atoms with van der Waals surface area (Å²) in [6.07, 6.45) is 0.154. The SMILES string of the molecule is COC(=O)C(Cc1ccc(N)cc1)N=S(=O)=O. The molecule has 0 saturated carbocycles. The summed E-state index contributed by atoms with van der Waals surface area (Å²) in [5.41, 5.74) is 6.85. The third-order valence-corrected chi connectivity index (χ3v) is 2.52. The molecule has 0 amide bonds. The van der Waals surface area contributed by atoms with Gasteiger partial charge in [0.05, 0.1) is 7.11 Å². The summed E-state index contributed by atoms with van der Waals surface area (Å²) in [7, 11) is -1.46. The number of ether oxygens (including phenoxy) is 1. The molecular formula is C10H12N2O4S. The number of carbonyl (C=O) groups is 1. The van der Waals surface area contributed by atoms with Gasteiger partial charge in [-0.2, -0.15) is 12.8 Å². The van der Waals surface area contributed by atoms with Crippen LogP contribution in [0, 0.1) is 0 Å². The average molecular weight is 256 g/mol. The Balaban J connectivity index is 2.90. The molecule has 1 aromatic carbocycles. The molecule has 0 fully saturated rings. The van der Waals surface area contributed by atoms with Crippen molar-refractivity contribution in [1.29, 1.82) is 0 Å². The Labute approximate surface area is 100 Å². The van der Waals surface area contributed by atoms with Crippen molar-refractivity contribution in [3.8, 4) is 0 Å². The number of nitrogens with zero attached hydrogens (tertiary/aromatic N) is 1. The van der Waals surface area contributed by atoms with Crippen LogP contribution in [-0.2, 0) is 26.5 Å². The highest BCUT2D eigenvalue weighted by molar-refractivity contribution is 7.61. The highest BCUT2D eigenvalue weighted by Gasteiger charge is 2.19. The molecule has 2 N–H and O–H groups in total. The monoisotopic (exact) mass is 256 g/mol. The fourth-order valence-corrected chi connectivity index (χ4v) is 1.65. The Bertz CT molecular complexity index is 514. The van der Waals surface area contributed by atoms with Crippen LogP contribution < -0.4 is 5.73 Å². The van der Waals surface area contributed by atoms with E-state index in [2.05, 4.69) is 9.10 Å². The lowest BCUT2D eigenvalue weighted by molar-refractivity contribution is -0.141. The van der Waals surface area contributed by atoms with Gasteiger partial charge in [-0.25, -0.2) is 4.79 Å². The number of esters is 1. The van der Waals surface area contributed by atoms with Crippen LogP contribution in [0.25, 0.3) is 0 Å². The van der Waals surface area contributed by atoms with Gasteiger partial charge < -0.3 is 10.5 Å². The molecule has 0 heterocycles. The Kier molecular flexibility index (Phi) is 4.65. The van der Waals surface area contributed by atoms with Gasteiger partial charge in [0.15, 0.2) is 6.04 Å². The minimum Gasteiger partial charge on any atom is -0.467 e. The fourth-order valence-electron chi connectivity index (χ4n) is 1.28. The smallest absolute Gasteiger partial charge is 0.332 e. The first-order valence-electron chi connectivity index (χ1n) is 4.75. The van der Waals surface area contributed by atoms with E-state index in [0.29, 0.717) is 5.69 Å². The number of anilines is 1. The minimum absolute atomic E-state index is 0.154. The Hall–Kier alpha value is -1.89. The van der Waals surface area contributed by atoms with E-state index in [0.717, 1.165) is 5.56 Å². The molecule has 1 aromatic rings. The van der Waals surface area contributed by atoms with E-state index >= 15 is 0 Å². The van der Waals surface area contributed by atoms with E-state index < -0.39 is 22.5 Å². The zero-order chi connectivity index (χ0) is 12.8. The Morgan fingerprint density at radius 1 is 1.41 bits per heavy atom. The summed E-state index contributed by atoms with van der Waals surface area (Å²) in [6.45, 7) is 0. The van der Waals surface area contributed by atoms with Crippen LogP contribution in [0.2, 0.25) is 0 Å².